The summed E-state index contributed by atoms with van der Waals surface area (Å²) in [6.45, 7) is 5.03. The van der Waals surface area contributed by atoms with Crippen LogP contribution in [0.1, 0.15) is 36.8 Å². The molecule has 0 spiro atoms. The summed E-state index contributed by atoms with van der Waals surface area (Å²) in [6, 6.07) is 14.0. The molecule has 1 aromatic carbocycles. The highest BCUT2D eigenvalue weighted by atomic mass is 32.2. The molecule has 0 radical (unpaired) electrons. The van der Waals surface area contributed by atoms with Gasteiger partial charge in [0.25, 0.3) is 10.0 Å². The van der Waals surface area contributed by atoms with E-state index in [2.05, 4.69) is 29.1 Å². The topological polar surface area (TPSA) is 80.1 Å². The number of anilines is 1. The Morgan fingerprint density at radius 2 is 1.87 bits per heavy atom. The van der Waals surface area contributed by atoms with Gasteiger partial charge < -0.3 is 9.88 Å². The molecule has 1 fully saturated rings. The molecule has 1 saturated heterocycles. The Morgan fingerprint density at radius 1 is 1.10 bits per heavy atom. The van der Waals surface area contributed by atoms with E-state index < -0.39 is 10.0 Å². The molecule has 3 heterocycles. The lowest BCUT2D eigenvalue weighted by atomic mass is 9.94. The molecule has 4 rings (SSSR count). The van der Waals surface area contributed by atoms with Crippen LogP contribution < -0.4 is 5.32 Å². The molecule has 1 N–H and O–H groups in total. The fourth-order valence-corrected chi connectivity index (χ4v) is 5.34. The van der Waals surface area contributed by atoms with Gasteiger partial charge in [-0.2, -0.15) is 4.31 Å². The summed E-state index contributed by atoms with van der Waals surface area (Å²) in [5, 5.41) is 3.58. The highest BCUT2D eigenvalue weighted by Gasteiger charge is 2.41. The Morgan fingerprint density at radius 3 is 2.53 bits per heavy atom. The van der Waals surface area contributed by atoms with Crippen molar-refractivity contribution < 1.29 is 8.42 Å². The first-order valence-electron chi connectivity index (χ1n) is 10.1. The molecule has 2 aromatic heterocycles. The van der Waals surface area contributed by atoms with Gasteiger partial charge in [-0.05, 0) is 29.2 Å². The fourth-order valence-electron chi connectivity index (χ4n) is 3.88. The van der Waals surface area contributed by atoms with Crippen molar-refractivity contribution in [1.82, 2.24) is 18.8 Å². The van der Waals surface area contributed by atoms with Gasteiger partial charge in [0.1, 0.15) is 5.82 Å². The van der Waals surface area contributed by atoms with E-state index in [-0.39, 0.29) is 17.0 Å². The van der Waals surface area contributed by atoms with Crippen molar-refractivity contribution in [1.29, 1.82) is 0 Å². The van der Waals surface area contributed by atoms with Gasteiger partial charge in [0.05, 0.1) is 6.33 Å². The van der Waals surface area contributed by atoms with Crippen LogP contribution >= 0.6 is 0 Å². The lowest BCUT2D eigenvalue weighted by Gasteiger charge is -2.21. The quantitative estimate of drug-likeness (QED) is 0.656. The monoisotopic (exact) mass is 425 g/mol. The second kappa shape index (κ2) is 8.20. The number of nitrogens with zero attached hydrogens (tertiary/aromatic N) is 4. The standard InChI is InChI=1S/C22H27N5O2S/c1-16(2)18-9-10-23-21(11-18)25-20-13-27(12-19(20)17-7-5-4-6-8-17)30(28,29)22-14-26(3)15-24-22/h4-11,14-16,19-20H,12-13H2,1-3H3,(H,23,25)/t19-,20+/m1/s1. The maximum Gasteiger partial charge on any atom is 0.262 e. The minimum atomic E-state index is -3.66. The number of aromatic nitrogens is 3. The van der Waals surface area contributed by atoms with Crippen LogP contribution in [0.15, 0.2) is 66.2 Å². The number of rotatable bonds is 6. The fraction of sp³-hybridized carbons (Fsp3) is 0.364. The van der Waals surface area contributed by atoms with Crippen LogP contribution in [0.3, 0.4) is 0 Å². The normalized spacial score (nSPS) is 20.0. The van der Waals surface area contributed by atoms with Crippen LogP contribution in [0.4, 0.5) is 5.82 Å². The summed E-state index contributed by atoms with van der Waals surface area (Å²) in [5.41, 5.74) is 2.30. The summed E-state index contributed by atoms with van der Waals surface area (Å²) >= 11 is 0. The molecule has 8 heteroatoms. The molecular formula is C22H27N5O2S. The third-order valence-electron chi connectivity index (χ3n) is 5.58. The Labute approximate surface area is 177 Å². The Hall–Kier alpha value is -2.71. The van der Waals surface area contributed by atoms with E-state index in [9.17, 15) is 8.42 Å². The van der Waals surface area contributed by atoms with Crippen LogP contribution in [0, 0.1) is 0 Å². The first-order valence-corrected chi connectivity index (χ1v) is 11.5. The van der Waals surface area contributed by atoms with E-state index in [0.717, 1.165) is 11.4 Å². The largest absolute Gasteiger partial charge is 0.365 e. The Kier molecular flexibility index (Phi) is 5.62. The second-order valence-corrected chi connectivity index (χ2v) is 9.98. The number of pyridine rings is 1. The predicted octanol–water partition coefficient (Wildman–Crippen LogP) is 3.21. The highest BCUT2D eigenvalue weighted by molar-refractivity contribution is 7.89. The smallest absolute Gasteiger partial charge is 0.262 e. The molecule has 0 saturated carbocycles. The van der Waals surface area contributed by atoms with Gasteiger partial charge in [0, 0.05) is 44.5 Å². The minimum Gasteiger partial charge on any atom is -0.365 e. The maximum atomic E-state index is 13.2. The molecule has 3 aromatic rings. The average molecular weight is 426 g/mol. The van der Waals surface area contributed by atoms with Crippen molar-refractivity contribution >= 4 is 15.8 Å². The summed E-state index contributed by atoms with van der Waals surface area (Å²) in [5.74, 6) is 1.17. The molecule has 158 valence electrons. The molecule has 0 unspecified atom stereocenters. The number of benzene rings is 1. The summed E-state index contributed by atoms with van der Waals surface area (Å²) < 4.78 is 29.5. The first-order chi connectivity index (χ1) is 14.3. The summed E-state index contributed by atoms with van der Waals surface area (Å²) in [7, 11) is -1.90. The molecule has 2 atom stereocenters. The zero-order valence-electron chi connectivity index (χ0n) is 17.4. The van der Waals surface area contributed by atoms with Gasteiger partial charge in [-0.15, -0.1) is 0 Å². The third-order valence-corrected chi connectivity index (χ3v) is 7.30. The van der Waals surface area contributed by atoms with E-state index in [1.165, 1.54) is 16.2 Å². The number of hydrogen-bond acceptors (Lipinski definition) is 5. The van der Waals surface area contributed by atoms with Crippen molar-refractivity contribution in [3.8, 4) is 0 Å². The first kappa shape index (κ1) is 20.6. The zero-order valence-corrected chi connectivity index (χ0v) is 18.2. The van der Waals surface area contributed by atoms with Crippen molar-refractivity contribution in [2.45, 2.75) is 36.8 Å². The molecule has 1 aliphatic heterocycles. The lowest BCUT2D eigenvalue weighted by Crippen LogP contribution is -2.32. The van der Waals surface area contributed by atoms with Crippen LogP contribution in [0.2, 0.25) is 0 Å². The predicted molar refractivity (Wildman–Crippen MR) is 117 cm³/mol. The molecular weight excluding hydrogens is 398 g/mol. The van der Waals surface area contributed by atoms with Gasteiger partial charge in [-0.25, -0.2) is 18.4 Å². The average Bonchev–Trinajstić information content (AvgIpc) is 3.36. The van der Waals surface area contributed by atoms with E-state index >= 15 is 0 Å². The van der Waals surface area contributed by atoms with E-state index in [0.29, 0.717) is 19.0 Å². The highest BCUT2D eigenvalue weighted by Crippen LogP contribution is 2.33. The summed E-state index contributed by atoms with van der Waals surface area (Å²) in [6.07, 6.45) is 4.85. The molecule has 30 heavy (non-hydrogen) atoms. The molecule has 1 aliphatic rings. The Balaban J connectivity index is 1.64. The Bertz CT molecular complexity index is 1110. The number of hydrogen-bond donors (Lipinski definition) is 1. The summed E-state index contributed by atoms with van der Waals surface area (Å²) in [4.78, 5) is 8.54. The lowest BCUT2D eigenvalue weighted by molar-refractivity contribution is 0.468. The van der Waals surface area contributed by atoms with Crippen molar-refractivity contribution in [3.05, 3.63) is 72.3 Å². The SMILES string of the molecule is CC(C)c1ccnc(N[C@H]2CN(S(=O)(=O)c3cn(C)cn3)C[C@@H]2c2ccccc2)c1. The van der Waals surface area contributed by atoms with Crippen molar-refractivity contribution in [2.75, 3.05) is 18.4 Å². The van der Waals surface area contributed by atoms with Gasteiger partial charge in [-0.3, -0.25) is 0 Å². The molecule has 7 nitrogen and oxygen atoms in total. The van der Waals surface area contributed by atoms with Crippen molar-refractivity contribution in [2.24, 2.45) is 7.05 Å². The number of imidazole rings is 1. The van der Waals surface area contributed by atoms with Crippen LogP contribution in [-0.2, 0) is 17.1 Å². The van der Waals surface area contributed by atoms with Gasteiger partial charge in [-0.1, -0.05) is 44.2 Å². The third kappa shape index (κ3) is 4.11. The second-order valence-electron chi connectivity index (χ2n) is 8.10. The number of nitrogens with one attached hydrogen (secondary N) is 1. The van der Waals surface area contributed by atoms with Gasteiger partial charge in [0.2, 0.25) is 0 Å². The van der Waals surface area contributed by atoms with Crippen LogP contribution in [0.5, 0.6) is 0 Å². The van der Waals surface area contributed by atoms with E-state index in [4.69, 9.17) is 0 Å². The van der Waals surface area contributed by atoms with Gasteiger partial charge >= 0.3 is 0 Å². The van der Waals surface area contributed by atoms with E-state index in [1.807, 2.05) is 42.5 Å². The molecule has 0 amide bonds. The van der Waals surface area contributed by atoms with Gasteiger partial charge in [0.15, 0.2) is 5.03 Å². The minimum absolute atomic E-state index is 0.00851. The zero-order chi connectivity index (χ0) is 21.3. The molecule has 0 aliphatic carbocycles. The molecule has 0 bridgehead atoms. The van der Waals surface area contributed by atoms with Crippen molar-refractivity contribution in [3.63, 3.8) is 0 Å². The van der Waals surface area contributed by atoms with Crippen LogP contribution in [0.25, 0.3) is 0 Å². The maximum absolute atomic E-state index is 13.2. The number of sulfonamides is 1. The van der Waals surface area contributed by atoms with E-state index in [1.54, 1.807) is 24.0 Å². The van der Waals surface area contributed by atoms with Crippen LogP contribution in [-0.4, -0.2) is 46.4 Å². The number of aryl methyl sites for hydroxylation is 1.